The van der Waals surface area contributed by atoms with Crippen LogP contribution < -0.4 is 15.5 Å². The number of fused-ring (bicyclic) bond motifs is 1. The van der Waals surface area contributed by atoms with Gasteiger partial charge in [0.2, 0.25) is 0 Å². The van der Waals surface area contributed by atoms with Crippen molar-refractivity contribution in [3.8, 4) is 0 Å². The molecule has 0 saturated carbocycles. The van der Waals surface area contributed by atoms with Gasteiger partial charge in [0.25, 0.3) is 11.8 Å². The standard InChI is InChI=1S/C26H27N3O2/c1-18-8-3-4-9-21(18)25(30)28-20-15-13-19(14-16-20)26(31)29-17-7-11-23(27-2)22-10-5-6-12-24(22)29/h3-6,8-10,12-16,23,27H,7,11,17H2,1-2H3,(H,28,30)/t23-/m1/s1. The van der Waals surface area contributed by atoms with Crippen LogP contribution in [0.15, 0.2) is 72.8 Å². The highest BCUT2D eigenvalue weighted by molar-refractivity contribution is 6.08. The van der Waals surface area contributed by atoms with Crippen LogP contribution in [0.25, 0.3) is 0 Å². The highest BCUT2D eigenvalue weighted by Crippen LogP contribution is 2.33. The van der Waals surface area contributed by atoms with Gasteiger partial charge in [-0.25, -0.2) is 0 Å². The molecule has 0 saturated heterocycles. The van der Waals surface area contributed by atoms with E-state index in [1.54, 1.807) is 30.3 Å². The summed E-state index contributed by atoms with van der Waals surface area (Å²) in [5.74, 6) is -0.183. The number of nitrogens with zero attached hydrogens (tertiary/aromatic N) is 1. The van der Waals surface area contributed by atoms with Gasteiger partial charge in [0.15, 0.2) is 0 Å². The van der Waals surface area contributed by atoms with Gasteiger partial charge in [0.1, 0.15) is 0 Å². The fourth-order valence-corrected chi connectivity index (χ4v) is 4.15. The summed E-state index contributed by atoms with van der Waals surface area (Å²) < 4.78 is 0. The van der Waals surface area contributed by atoms with E-state index in [1.165, 1.54) is 0 Å². The molecule has 0 aromatic heterocycles. The predicted molar refractivity (Wildman–Crippen MR) is 125 cm³/mol. The first-order valence-electron chi connectivity index (χ1n) is 10.6. The summed E-state index contributed by atoms with van der Waals surface area (Å²) in [4.78, 5) is 27.7. The predicted octanol–water partition coefficient (Wildman–Crippen LogP) is 4.95. The molecule has 4 rings (SSSR count). The van der Waals surface area contributed by atoms with Crippen molar-refractivity contribution in [3.05, 3.63) is 95.1 Å². The van der Waals surface area contributed by atoms with E-state index in [-0.39, 0.29) is 17.9 Å². The van der Waals surface area contributed by atoms with Crippen LogP contribution in [0.3, 0.4) is 0 Å². The normalized spacial score (nSPS) is 15.7. The molecule has 158 valence electrons. The minimum atomic E-state index is -0.156. The van der Waals surface area contributed by atoms with Crippen molar-refractivity contribution in [2.45, 2.75) is 25.8 Å². The molecule has 0 aliphatic carbocycles. The van der Waals surface area contributed by atoms with E-state index in [0.29, 0.717) is 23.4 Å². The van der Waals surface area contributed by atoms with E-state index in [1.807, 2.05) is 55.3 Å². The fraction of sp³-hybridized carbons (Fsp3) is 0.231. The summed E-state index contributed by atoms with van der Waals surface area (Å²) in [5, 5.41) is 6.28. The Morgan fingerprint density at radius 1 is 0.935 bits per heavy atom. The van der Waals surface area contributed by atoms with Gasteiger partial charge in [-0.15, -0.1) is 0 Å². The van der Waals surface area contributed by atoms with Gasteiger partial charge in [0, 0.05) is 35.1 Å². The van der Waals surface area contributed by atoms with Gasteiger partial charge in [-0.3, -0.25) is 9.59 Å². The summed E-state index contributed by atoms with van der Waals surface area (Å²) in [5.41, 5.74) is 4.94. The summed E-state index contributed by atoms with van der Waals surface area (Å²) >= 11 is 0. The van der Waals surface area contributed by atoms with Crippen molar-refractivity contribution in [2.24, 2.45) is 0 Å². The molecule has 2 N–H and O–H groups in total. The highest BCUT2D eigenvalue weighted by atomic mass is 16.2. The molecule has 0 bridgehead atoms. The van der Waals surface area contributed by atoms with Crippen molar-refractivity contribution in [1.82, 2.24) is 5.32 Å². The van der Waals surface area contributed by atoms with Crippen molar-refractivity contribution in [2.75, 3.05) is 23.8 Å². The molecule has 3 aromatic rings. The number of benzene rings is 3. The molecule has 31 heavy (non-hydrogen) atoms. The van der Waals surface area contributed by atoms with Crippen LogP contribution in [-0.4, -0.2) is 25.4 Å². The zero-order valence-electron chi connectivity index (χ0n) is 17.9. The number of rotatable bonds is 4. The number of nitrogens with one attached hydrogen (secondary N) is 2. The van der Waals surface area contributed by atoms with Gasteiger partial charge in [-0.05, 0) is 74.3 Å². The second-order valence-corrected chi connectivity index (χ2v) is 7.85. The number of para-hydroxylation sites is 1. The van der Waals surface area contributed by atoms with Gasteiger partial charge in [-0.1, -0.05) is 36.4 Å². The Labute approximate surface area is 183 Å². The molecule has 3 aromatic carbocycles. The summed E-state index contributed by atoms with van der Waals surface area (Å²) in [7, 11) is 1.96. The number of hydrogen-bond donors (Lipinski definition) is 2. The first-order chi connectivity index (χ1) is 15.1. The lowest BCUT2D eigenvalue weighted by Crippen LogP contribution is -2.31. The van der Waals surface area contributed by atoms with Gasteiger partial charge in [0.05, 0.1) is 0 Å². The summed E-state index contributed by atoms with van der Waals surface area (Å²) in [6, 6.07) is 22.9. The van der Waals surface area contributed by atoms with E-state index >= 15 is 0 Å². The number of amides is 2. The number of carbonyl (C=O) groups excluding carboxylic acids is 2. The molecule has 5 nitrogen and oxygen atoms in total. The second kappa shape index (κ2) is 9.14. The van der Waals surface area contributed by atoms with Crippen LogP contribution in [0.5, 0.6) is 0 Å². The van der Waals surface area contributed by atoms with Crippen LogP contribution in [0.2, 0.25) is 0 Å². The van der Waals surface area contributed by atoms with E-state index in [2.05, 4.69) is 16.7 Å². The molecule has 0 unspecified atom stereocenters. The van der Waals surface area contributed by atoms with Crippen LogP contribution in [0, 0.1) is 6.92 Å². The van der Waals surface area contributed by atoms with E-state index in [9.17, 15) is 9.59 Å². The van der Waals surface area contributed by atoms with Crippen molar-refractivity contribution in [1.29, 1.82) is 0 Å². The lowest BCUT2D eigenvalue weighted by Gasteiger charge is -2.24. The smallest absolute Gasteiger partial charge is 0.258 e. The monoisotopic (exact) mass is 413 g/mol. The molecule has 0 radical (unpaired) electrons. The molecule has 0 spiro atoms. The largest absolute Gasteiger partial charge is 0.322 e. The second-order valence-electron chi connectivity index (χ2n) is 7.85. The van der Waals surface area contributed by atoms with Crippen LogP contribution in [-0.2, 0) is 0 Å². The van der Waals surface area contributed by atoms with Gasteiger partial charge in [-0.2, -0.15) is 0 Å². The van der Waals surface area contributed by atoms with Gasteiger partial charge >= 0.3 is 0 Å². The van der Waals surface area contributed by atoms with Crippen LogP contribution in [0.1, 0.15) is 50.7 Å². The van der Waals surface area contributed by atoms with E-state index < -0.39 is 0 Å². The maximum absolute atomic E-state index is 13.3. The first kappa shape index (κ1) is 20.8. The third kappa shape index (κ3) is 4.37. The van der Waals surface area contributed by atoms with E-state index in [0.717, 1.165) is 29.7 Å². The Morgan fingerprint density at radius 3 is 2.39 bits per heavy atom. The Bertz CT molecular complexity index is 1090. The molecule has 1 heterocycles. The third-order valence-corrected chi connectivity index (χ3v) is 5.85. The van der Waals surface area contributed by atoms with Crippen LogP contribution >= 0.6 is 0 Å². The lowest BCUT2D eigenvalue weighted by atomic mass is 10.0. The number of carbonyl (C=O) groups is 2. The lowest BCUT2D eigenvalue weighted by molar-refractivity contribution is 0.0985. The molecular formula is C26H27N3O2. The molecule has 1 aliphatic heterocycles. The summed E-state index contributed by atoms with van der Waals surface area (Å²) in [6.45, 7) is 2.59. The first-order valence-corrected chi connectivity index (χ1v) is 10.6. The quantitative estimate of drug-likeness (QED) is 0.636. The number of aryl methyl sites for hydroxylation is 1. The minimum Gasteiger partial charge on any atom is -0.322 e. The van der Waals surface area contributed by atoms with Gasteiger partial charge < -0.3 is 15.5 Å². The molecule has 1 atom stereocenters. The average Bonchev–Trinajstić information content (AvgIpc) is 2.99. The van der Waals surface area contributed by atoms with Crippen molar-refractivity contribution >= 4 is 23.2 Å². The third-order valence-electron chi connectivity index (χ3n) is 5.85. The minimum absolute atomic E-state index is 0.0269. The SMILES string of the molecule is CN[C@@H]1CCCN(C(=O)c2ccc(NC(=O)c3ccccc3C)cc2)c2ccccc21. The van der Waals surface area contributed by atoms with Crippen molar-refractivity contribution in [3.63, 3.8) is 0 Å². The fourth-order valence-electron chi connectivity index (χ4n) is 4.15. The molecule has 0 fully saturated rings. The Balaban J connectivity index is 1.53. The van der Waals surface area contributed by atoms with Crippen LogP contribution in [0.4, 0.5) is 11.4 Å². The Kier molecular flexibility index (Phi) is 6.14. The maximum atomic E-state index is 13.3. The topological polar surface area (TPSA) is 61.4 Å². The van der Waals surface area contributed by atoms with E-state index in [4.69, 9.17) is 0 Å². The molecular weight excluding hydrogens is 386 g/mol. The molecule has 5 heteroatoms. The maximum Gasteiger partial charge on any atom is 0.258 e. The molecule has 1 aliphatic rings. The zero-order chi connectivity index (χ0) is 21.8. The highest BCUT2D eigenvalue weighted by Gasteiger charge is 2.26. The Morgan fingerprint density at radius 2 is 1.65 bits per heavy atom. The number of hydrogen-bond acceptors (Lipinski definition) is 3. The Hall–Kier alpha value is -3.44. The molecule has 2 amide bonds. The zero-order valence-corrected chi connectivity index (χ0v) is 17.9. The van der Waals surface area contributed by atoms with Crippen molar-refractivity contribution < 1.29 is 9.59 Å². The summed E-state index contributed by atoms with van der Waals surface area (Å²) in [6.07, 6.45) is 1.91. The average molecular weight is 414 g/mol. The number of anilines is 2.